The minimum Gasteiger partial charge on any atom is -0.346 e. The Kier molecular flexibility index (Phi) is 4.69. The summed E-state index contributed by atoms with van der Waals surface area (Å²) in [5, 5.41) is 0. The maximum atomic E-state index is 4.78. The molecule has 1 N–H and O–H groups in total. The van der Waals surface area contributed by atoms with E-state index >= 15 is 0 Å². The molecule has 22 heavy (non-hydrogen) atoms. The molecule has 0 unspecified atom stereocenters. The largest absolute Gasteiger partial charge is 0.346 e. The normalized spacial score (nSPS) is 10.8. The summed E-state index contributed by atoms with van der Waals surface area (Å²) in [5.41, 5.74) is 5.07. The number of imidazole rings is 1. The van der Waals surface area contributed by atoms with Crippen molar-refractivity contribution in [3.8, 4) is 0 Å². The highest BCUT2D eigenvalue weighted by Gasteiger charge is 2.07. The Morgan fingerprint density at radius 2 is 1.45 bits per heavy atom. The Morgan fingerprint density at radius 3 is 2.14 bits per heavy atom. The van der Waals surface area contributed by atoms with Crippen LogP contribution in [0.3, 0.4) is 0 Å². The lowest BCUT2D eigenvalue weighted by atomic mass is 10.1. The van der Waals surface area contributed by atoms with Crippen LogP contribution in [0.5, 0.6) is 0 Å². The molecule has 0 radical (unpaired) electrons. The molecule has 3 aromatic rings. The second-order valence-corrected chi connectivity index (χ2v) is 5.76. The van der Waals surface area contributed by atoms with Crippen molar-refractivity contribution in [3.63, 3.8) is 0 Å². The molecule has 3 rings (SSSR count). The van der Waals surface area contributed by atoms with Crippen LogP contribution in [-0.4, -0.2) is 9.97 Å². The van der Waals surface area contributed by atoms with Crippen LogP contribution in [0.4, 0.5) is 0 Å². The standard InChI is InChI=1S/C20H22N2/c1-16-19(15-18-11-6-3-7-12-18)22-20(21-16)14-8-13-17-9-4-2-5-10-17/h2-7,9-12H,8,13-15H2,1H3,(H,21,22). The Bertz CT molecular complexity index is 699. The van der Waals surface area contributed by atoms with Crippen molar-refractivity contribution >= 4 is 0 Å². The number of aromatic amines is 1. The average molecular weight is 290 g/mol. The fourth-order valence-electron chi connectivity index (χ4n) is 2.75. The van der Waals surface area contributed by atoms with Gasteiger partial charge < -0.3 is 4.98 Å². The number of nitrogens with one attached hydrogen (secondary N) is 1. The monoisotopic (exact) mass is 290 g/mol. The molecule has 0 bridgehead atoms. The van der Waals surface area contributed by atoms with E-state index in [1.807, 2.05) is 0 Å². The molecule has 2 nitrogen and oxygen atoms in total. The predicted octanol–water partition coefficient (Wildman–Crippen LogP) is 4.48. The molecule has 0 aliphatic carbocycles. The van der Waals surface area contributed by atoms with Gasteiger partial charge in [-0.15, -0.1) is 0 Å². The van der Waals surface area contributed by atoms with Gasteiger partial charge in [-0.2, -0.15) is 0 Å². The molecule has 0 fully saturated rings. The summed E-state index contributed by atoms with van der Waals surface area (Å²) in [6.45, 7) is 2.12. The highest BCUT2D eigenvalue weighted by Crippen LogP contribution is 2.13. The van der Waals surface area contributed by atoms with Crippen LogP contribution in [-0.2, 0) is 19.3 Å². The lowest BCUT2D eigenvalue weighted by Gasteiger charge is -1.99. The minimum absolute atomic E-state index is 0.905. The molecule has 1 aromatic heterocycles. The molecule has 0 aliphatic rings. The zero-order chi connectivity index (χ0) is 15.2. The van der Waals surface area contributed by atoms with Gasteiger partial charge in [-0.1, -0.05) is 60.7 Å². The van der Waals surface area contributed by atoms with E-state index in [4.69, 9.17) is 4.98 Å². The molecule has 0 aliphatic heterocycles. The van der Waals surface area contributed by atoms with Crippen molar-refractivity contribution in [1.82, 2.24) is 9.97 Å². The fraction of sp³-hybridized carbons (Fsp3) is 0.250. The van der Waals surface area contributed by atoms with Crippen LogP contribution >= 0.6 is 0 Å². The first-order valence-corrected chi connectivity index (χ1v) is 7.93. The zero-order valence-corrected chi connectivity index (χ0v) is 13.0. The number of aromatic nitrogens is 2. The Labute approximate surface area is 132 Å². The van der Waals surface area contributed by atoms with E-state index in [1.54, 1.807) is 0 Å². The topological polar surface area (TPSA) is 28.7 Å². The molecule has 1 heterocycles. The molecule has 0 amide bonds. The van der Waals surface area contributed by atoms with E-state index in [-0.39, 0.29) is 0 Å². The number of aryl methyl sites for hydroxylation is 3. The highest BCUT2D eigenvalue weighted by molar-refractivity contribution is 5.24. The summed E-state index contributed by atoms with van der Waals surface area (Å²) in [7, 11) is 0. The van der Waals surface area contributed by atoms with Crippen molar-refractivity contribution < 1.29 is 0 Å². The van der Waals surface area contributed by atoms with Gasteiger partial charge in [-0.3, -0.25) is 0 Å². The average Bonchev–Trinajstić information content (AvgIpc) is 2.89. The van der Waals surface area contributed by atoms with Gasteiger partial charge in [0.15, 0.2) is 0 Å². The lowest BCUT2D eigenvalue weighted by Crippen LogP contribution is -1.93. The highest BCUT2D eigenvalue weighted by atomic mass is 14.9. The van der Waals surface area contributed by atoms with Gasteiger partial charge >= 0.3 is 0 Å². The van der Waals surface area contributed by atoms with Crippen molar-refractivity contribution in [2.45, 2.75) is 32.6 Å². The Morgan fingerprint density at radius 1 is 0.818 bits per heavy atom. The SMILES string of the molecule is Cc1[nH]c(CCCc2ccccc2)nc1Cc1ccccc1. The maximum Gasteiger partial charge on any atom is 0.106 e. The van der Waals surface area contributed by atoms with Crippen molar-refractivity contribution in [2.75, 3.05) is 0 Å². The van der Waals surface area contributed by atoms with Gasteiger partial charge in [0.05, 0.1) is 5.69 Å². The maximum absolute atomic E-state index is 4.78. The summed E-state index contributed by atoms with van der Waals surface area (Å²) in [5.74, 6) is 1.11. The first kappa shape index (κ1) is 14.6. The Hall–Kier alpha value is -2.35. The number of rotatable bonds is 6. The number of H-pyrrole nitrogens is 1. The zero-order valence-electron chi connectivity index (χ0n) is 13.0. The summed E-state index contributed by atoms with van der Waals surface area (Å²) in [6.07, 6.45) is 4.14. The molecule has 112 valence electrons. The predicted molar refractivity (Wildman–Crippen MR) is 91.0 cm³/mol. The summed E-state index contributed by atoms with van der Waals surface area (Å²) in [4.78, 5) is 8.22. The van der Waals surface area contributed by atoms with Crippen LogP contribution in [0.1, 0.15) is 34.8 Å². The first-order valence-electron chi connectivity index (χ1n) is 7.93. The lowest BCUT2D eigenvalue weighted by molar-refractivity contribution is 0.779. The number of hydrogen-bond acceptors (Lipinski definition) is 1. The smallest absolute Gasteiger partial charge is 0.106 e. The van der Waals surface area contributed by atoms with Crippen LogP contribution in [0.15, 0.2) is 60.7 Å². The second-order valence-electron chi connectivity index (χ2n) is 5.76. The third-order valence-corrected chi connectivity index (χ3v) is 3.97. The minimum atomic E-state index is 0.905. The van der Waals surface area contributed by atoms with E-state index in [0.29, 0.717) is 0 Å². The van der Waals surface area contributed by atoms with E-state index in [2.05, 4.69) is 72.6 Å². The summed E-state index contributed by atoms with van der Waals surface area (Å²) in [6, 6.07) is 21.2. The molecule has 0 spiro atoms. The van der Waals surface area contributed by atoms with Crippen LogP contribution in [0.25, 0.3) is 0 Å². The molecule has 2 aromatic carbocycles. The molecule has 0 atom stereocenters. The van der Waals surface area contributed by atoms with Gasteiger partial charge in [-0.25, -0.2) is 4.98 Å². The van der Waals surface area contributed by atoms with Crippen LogP contribution < -0.4 is 0 Å². The first-order chi connectivity index (χ1) is 10.8. The molecular weight excluding hydrogens is 268 g/mol. The molecular formula is C20H22N2. The third kappa shape index (κ3) is 3.85. The van der Waals surface area contributed by atoms with E-state index in [0.717, 1.165) is 31.5 Å². The summed E-state index contributed by atoms with van der Waals surface area (Å²) < 4.78 is 0. The van der Waals surface area contributed by atoms with Gasteiger partial charge in [0.1, 0.15) is 5.82 Å². The fourth-order valence-corrected chi connectivity index (χ4v) is 2.75. The van der Waals surface area contributed by atoms with Crippen molar-refractivity contribution in [3.05, 3.63) is 89.0 Å². The van der Waals surface area contributed by atoms with E-state index in [9.17, 15) is 0 Å². The van der Waals surface area contributed by atoms with Crippen LogP contribution in [0.2, 0.25) is 0 Å². The van der Waals surface area contributed by atoms with Crippen molar-refractivity contribution in [1.29, 1.82) is 0 Å². The Balaban J connectivity index is 1.58. The number of hydrogen-bond donors (Lipinski definition) is 1. The van der Waals surface area contributed by atoms with Gasteiger partial charge in [0.25, 0.3) is 0 Å². The molecule has 2 heteroatoms. The second kappa shape index (κ2) is 7.08. The van der Waals surface area contributed by atoms with Gasteiger partial charge in [0, 0.05) is 18.5 Å². The quantitative estimate of drug-likeness (QED) is 0.712. The third-order valence-electron chi connectivity index (χ3n) is 3.97. The molecule has 0 saturated heterocycles. The number of benzene rings is 2. The van der Waals surface area contributed by atoms with E-state index in [1.165, 1.54) is 22.5 Å². The van der Waals surface area contributed by atoms with Crippen molar-refractivity contribution in [2.24, 2.45) is 0 Å². The molecule has 0 saturated carbocycles. The van der Waals surface area contributed by atoms with Gasteiger partial charge in [0.2, 0.25) is 0 Å². The summed E-state index contributed by atoms with van der Waals surface area (Å²) >= 11 is 0. The number of nitrogens with zero attached hydrogens (tertiary/aromatic N) is 1. The van der Waals surface area contributed by atoms with Crippen LogP contribution in [0, 0.1) is 6.92 Å². The van der Waals surface area contributed by atoms with Gasteiger partial charge in [-0.05, 0) is 30.9 Å². The van der Waals surface area contributed by atoms with E-state index < -0.39 is 0 Å².